The first-order valence-corrected chi connectivity index (χ1v) is 9.67. The van der Waals surface area contributed by atoms with Crippen LogP contribution in [0.3, 0.4) is 0 Å². The number of nitrogens with zero attached hydrogens (tertiary/aromatic N) is 1. The molecule has 0 unspecified atom stereocenters. The van der Waals surface area contributed by atoms with Crippen LogP contribution in [0.1, 0.15) is 23.2 Å². The molecule has 0 saturated carbocycles. The molecule has 0 atom stereocenters. The highest BCUT2D eigenvalue weighted by atomic mass is 19.2. The van der Waals surface area contributed by atoms with E-state index in [0.717, 1.165) is 43.8 Å². The number of urea groups is 1. The first kappa shape index (κ1) is 21.5. The van der Waals surface area contributed by atoms with Crippen LogP contribution in [0.25, 0.3) is 0 Å². The van der Waals surface area contributed by atoms with E-state index in [1.54, 1.807) is 25.3 Å². The molecule has 1 saturated heterocycles. The molecule has 0 spiro atoms. The van der Waals surface area contributed by atoms with Crippen molar-refractivity contribution in [3.8, 4) is 0 Å². The molecule has 0 aliphatic carbocycles. The van der Waals surface area contributed by atoms with Gasteiger partial charge in [0.2, 0.25) is 0 Å². The molecule has 3 amide bonds. The van der Waals surface area contributed by atoms with E-state index in [1.807, 2.05) is 0 Å². The molecule has 1 heterocycles. The van der Waals surface area contributed by atoms with E-state index in [-0.39, 0.29) is 11.6 Å². The van der Waals surface area contributed by atoms with Crippen molar-refractivity contribution in [3.05, 3.63) is 53.6 Å². The second-order valence-corrected chi connectivity index (χ2v) is 6.88. The number of rotatable bonds is 7. The fourth-order valence-electron chi connectivity index (χ4n) is 3.26. The van der Waals surface area contributed by atoms with Crippen molar-refractivity contribution >= 4 is 29.0 Å². The van der Waals surface area contributed by atoms with Crippen LogP contribution in [0.15, 0.2) is 36.4 Å². The molecule has 2 aromatic carbocycles. The largest absolute Gasteiger partial charge is 0.383 e. The number of hydrogen-bond donors (Lipinski definition) is 3. The summed E-state index contributed by atoms with van der Waals surface area (Å²) in [6.07, 6.45) is 2.11. The number of hydrogen-bond acceptors (Lipinski definition) is 4. The number of anilines is 3. The number of halogens is 2. The van der Waals surface area contributed by atoms with Crippen LogP contribution < -0.4 is 20.9 Å². The van der Waals surface area contributed by atoms with Gasteiger partial charge in [-0.3, -0.25) is 4.79 Å². The van der Waals surface area contributed by atoms with Crippen LogP contribution in [0, 0.1) is 11.6 Å². The molecule has 0 bridgehead atoms. The number of carbonyl (C=O) groups is 2. The monoisotopic (exact) mass is 418 g/mol. The zero-order chi connectivity index (χ0) is 21.5. The fourth-order valence-corrected chi connectivity index (χ4v) is 3.26. The van der Waals surface area contributed by atoms with Crippen molar-refractivity contribution in [2.75, 3.05) is 48.9 Å². The summed E-state index contributed by atoms with van der Waals surface area (Å²) in [6.45, 7) is 2.48. The SMILES string of the molecule is COCCNC(=O)c1cc(NC(=O)Nc2ccc(F)c(F)c2)ccc1N1CCCC1. The van der Waals surface area contributed by atoms with Crippen molar-refractivity contribution in [3.63, 3.8) is 0 Å². The number of nitrogens with one attached hydrogen (secondary N) is 3. The van der Waals surface area contributed by atoms with E-state index in [1.165, 1.54) is 6.07 Å². The van der Waals surface area contributed by atoms with Gasteiger partial charge in [-0.2, -0.15) is 0 Å². The van der Waals surface area contributed by atoms with Gasteiger partial charge >= 0.3 is 6.03 Å². The summed E-state index contributed by atoms with van der Waals surface area (Å²) < 4.78 is 31.3. The van der Waals surface area contributed by atoms with Crippen molar-refractivity contribution in [2.45, 2.75) is 12.8 Å². The minimum Gasteiger partial charge on any atom is -0.383 e. The van der Waals surface area contributed by atoms with Gasteiger partial charge in [0.05, 0.1) is 12.2 Å². The van der Waals surface area contributed by atoms with Crippen LogP contribution in [0.2, 0.25) is 0 Å². The number of benzene rings is 2. The standard InChI is InChI=1S/C21H24F2N4O3/c1-30-11-8-24-20(28)16-12-14(5-7-19(16)27-9-2-3-10-27)25-21(29)26-15-4-6-17(22)18(23)13-15/h4-7,12-13H,2-3,8-11H2,1H3,(H,24,28)(H2,25,26,29). The molecule has 0 aromatic heterocycles. The van der Waals surface area contributed by atoms with Crippen molar-refractivity contribution in [2.24, 2.45) is 0 Å². The maximum absolute atomic E-state index is 13.3. The molecular weight excluding hydrogens is 394 g/mol. The molecule has 3 N–H and O–H groups in total. The minimum absolute atomic E-state index is 0.109. The summed E-state index contributed by atoms with van der Waals surface area (Å²) in [5, 5.41) is 7.85. The van der Waals surface area contributed by atoms with Crippen molar-refractivity contribution in [1.82, 2.24) is 5.32 Å². The highest BCUT2D eigenvalue weighted by Crippen LogP contribution is 2.27. The zero-order valence-electron chi connectivity index (χ0n) is 16.6. The average Bonchev–Trinajstić information content (AvgIpc) is 3.25. The maximum Gasteiger partial charge on any atom is 0.323 e. The molecular formula is C21H24F2N4O3. The predicted octanol–water partition coefficient (Wildman–Crippen LogP) is 3.59. The average molecular weight is 418 g/mol. The first-order valence-electron chi connectivity index (χ1n) is 9.67. The van der Waals surface area contributed by atoms with E-state index < -0.39 is 17.7 Å². The normalized spacial score (nSPS) is 13.2. The molecule has 3 rings (SSSR count). The van der Waals surface area contributed by atoms with E-state index in [4.69, 9.17) is 4.74 Å². The summed E-state index contributed by atoms with van der Waals surface area (Å²) in [7, 11) is 1.55. The molecule has 7 nitrogen and oxygen atoms in total. The number of ether oxygens (including phenoxy) is 1. The molecule has 0 radical (unpaired) electrons. The zero-order valence-corrected chi connectivity index (χ0v) is 16.6. The second kappa shape index (κ2) is 10.0. The Balaban J connectivity index is 1.75. The number of amides is 3. The van der Waals surface area contributed by atoms with Gasteiger partial charge < -0.3 is 25.6 Å². The van der Waals surface area contributed by atoms with Gasteiger partial charge in [-0.05, 0) is 43.2 Å². The summed E-state index contributed by atoms with van der Waals surface area (Å²) in [6, 6.07) is 7.52. The van der Waals surface area contributed by atoms with Gasteiger partial charge in [0.25, 0.3) is 5.91 Å². The Bertz CT molecular complexity index is 917. The third-order valence-corrected chi connectivity index (χ3v) is 4.72. The lowest BCUT2D eigenvalue weighted by Crippen LogP contribution is -2.30. The van der Waals surface area contributed by atoms with Gasteiger partial charge in [-0.1, -0.05) is 0 Å². The van der Waals surface area contributed by atoms with Gasteiger partial charge in [0.15, 0.2) is 11.6 Å². The Morgan fingerprint density at radius 3 is 2.33 bits per heavy atom. The third kappa shape index (κ3) is 5.44. The van der Waals surface area contributed by atoms with Gasteiger partial charge in [-0.15, -0.1) is 0 Å². The van der Waals surface area contributed by atoms with Crippen LogP contribution in [-0.2, 0) is 4.74 Å². The van der Waals surface area contributed by atoms with E-state index in [9.17, 15) is 18.4 Å². The lowest BCUT2D eigenvalue weighted by Gasteiger charge is -2.22. The Morgan fingerprint density at radius 2 is 1.67 bits per heavy atom. The minimum atomic E-state index is -1.06. The number of carbonyl (C=O) groups excluding carboxylic acids is 2. The van der Waals surface area contributed by atoms with E-state index in [0.29, 0.717) is 24.4 Å². The predicted molar refractivity (Wildman–Crippen MR) is 111 cm³/mol. The van der Waals surface area contributed by atoms with E-state index >= 15 is 0 Å². The highest BCUT2D eigenvalue weighted by molar-refractivity contribution is 6.04. The highest BCUT2D eigenvalue weighted by Gasteiger charge is 2.20. The topological polar surface area (TPSA) is 82.7 Å². The summed E-state index contributed by atoms with van der Waals surface area (Å²) in [5.74, 6) is -2.32. The molecule has 1 fully saturated rings. The van der Waals surface area contributed by atoms with Crippen LogP contribution >= 0.6 is 0 Å². The van der Waals surface area contributed by atoms with E-state index in [2.05, 4.69) is 20.9 Å². The smallest absolute Gasteiger partial charge is 0.323 e. The summed E-state index contributed by atoms with van der Waals surface area (Å²) in [4.78, 5) is 27.1. The molecule has 160 valence electrons. The van der Waals surface area contributed by atoms with Gasteiger partial charge in [0, 0.05) is 49.9 Å². The van der Waals surface area contributed by atoms with Crippen LogP contribution in [0.5, 0.6) is 0 Å². The molecule has 9 heteroatoms. The van der Waals surface area contributed by atoms with Gasteiger partial charge in [-0.25, -0.2) is 13.6 Å². The first-order chi connectivity index (χ1) is 14.5. The number of methoxy groups -OCH3 is 1. The summed E-state index contributed by atoms with van der Waals surface area (Å²) >= 11 is 0. The molecule has 1 aliphatic rings. The van der Waals surface area contributed by atoms with Crippen LogP contribution in [0.4, 0.5) is 30.6 Å². The lowest BCUT2D eigenvalue weighted by molar-refractivity contribution is 0.0937. The quantitative estimate of drug-likeness (QED) is 0.600. The maximum atomic E-state index is 13.3. The lowest BCUT2D eigenvalue weighted by atomic mass is 10.1. The second-order valence-electron chi connectivity index (χ2n) is 6.88. The Morgan fingerprint density at radius 1 is 1.00 bits per heavy atom. The summed E-state index contributed by atoms with van der Waals surface area (Å²) in [5.41, 5.74) is 1.75. The molecule has 1 aliphatic heterocycles. The van der Waals surface area contributed by atoms with Crippen LogP contribution in [-0.4, -0.2) is 45.3 Å². The Kier molecular flexibility index (Phi) is 7.18. The fraction of sp³-hybridized carbons (Fsp3) is 0.333. The third-order valence-electron chi connectivity index (χ3n) is 4.72. The molecule has 30 heavy (non-hydrogen) atoms. The Labute approximate surface area is 173 Å². The Hall–Kier alpha value is -3.20. The molecule has 2 aromatic rings. The van der Waals surface area contributed by atoms with Crippen molar-refractivity contribution in [1.29, 1.82) is 0 Å². The van der Waals surface area contributed by atoms with Gasteiger partial charge in [0.1, 0.15) is 0 Å². The van der Waals surface area contributed by atoms with Crippen molar-refractivity contribution < 1.29 is 23.1 Å².